The third kappa shape index (κ3) is 3.85. The molecule has 0 aliphatic carbocycles. The summed E-state index contributed by atoms with van der Waals surface area (Å²) in [4.78, 5) is 0.221. The van der Waals surface area contributed by atoms with Crippen LogP contribution in [0.4, 0.5) is 0 Å². The number of aryl methyl sites for hydroxylation is 1. The van der Waals surface area contributed by atoms with Gasteiger partial charge < -0.3 is 9.30 Å². The molecule has 4 rings (SSSR count). The van der Waals surface area contributed by atoms with Crippen LogP contribution in [0.25, 0.3) is 11.5 Å². The molecule has 0 N–H and O–H groups in total. The van der Waals surface area contributed by atoms with Crippen LogP contribution in [-0.2, 0) is 36.6 Å². The Hall–Kier alpha value is -2.37. The van der Waals surface area contributed by atoms with Crippen molar-refractivity contribution in [3.8, 4) is 17.3 Å². The lowest BCUT2D eigenvalue weighted by Gasteiger charge is -2.27. The van der Waals surface area contributed by atoms with Crippen molar-refractivity contribution in [2.75, 3.05) is 19.4 Å². The van der Waals surface area contributed by atoms with Gasteiger partial charge in [-0.3, -0.25) is 4.68 Å². The van der Waals surface area contributed by atoms with E-state index in [2.05, 4.69) is 17.1 Å². The SMILES string of the molecule is CCSc1nnc(-c2nn(C)c3c2CN(S(=O)(=O)c2cccc(OC)c2)CC3)n1CC. The van der Waals surface area contributed by atoms with Crippen molar-refractivity contribution in [3.63, 3.8) is 0 Å². The molecule has 0 fully saturated rings. The quantitative estimate of drug-likeness (QED) is 0.498. The van der Waals surface area contributed by atoms with E-state index in [0.29, 0.717) is 36.8 Å². The van der Waals surface area contributed by atoms with Crippen LogP contribution in [0.1, 0.15) is 25.1 Å². The highest BCUT2D eigenvalue weighted by atomic mass is 32.2. The maximum absolute atomic E-state index is 13.3. The van der Waals surface area contributed by atoms with Crippen molar-refractivity contribution in [3.05, 3.63) is 35.5 Å². The first-order valence-electron chi connectivity index (χ1n) is 10.2. The molecule has 0 saturated carbocycles. The summed E-state index contributed by atoms with van der Waals surface area (Å²) in [5.41, 5.74) is 2.61. The number of rotatable bonds is 7. The van der Waals surface area contributed by atoms with Gasteiger partial charge in [-0.2, -0.15) is 9.40 Å². The molecule has 166 valence electrons. The molecule has 0 spiro atoms. The van der Waals surface area contributed by atoms with E-state index < -0.39 is 10.0 Å². The molecule has 0 atom stereocenters. The third-order valence-electron chi connectivity index (χ3n) is 5.40. The lowest BCUT2D eigenvalue weighted by Crippen LogP contribution is -2.36. The minimum atomic E-state index is -3.68. The number of hydrogen-bond acceptors (Lipinski definition) is 7. The van der Waals surface area contributed by atoms with Gasteiger partial charge in [-0.05, 0) is 24.8 Å². The van der Waals surface area contributed by atoms with E-state index in [1.54, 1.807) is 36.0 Å². The van der Waals surface area contributed by atoms with Gasteiger partial charge in [-0.25, -0.2) is 8.42 Å². The number of ether oxygens (including phenoxy) is 1. The van der Waals surface area contributed by atoms with Crippen LogP contribution in [0.5, 0.6) is 5.75 Å². The predicted molar refractivity (Wildman–Crippen MR) is 119 cm³/mol. The summed E-state index contributed by atoms with van der Waals surface area (Å²) in [7, 11) is -0.261. The highest BCUT2D eigenvalue weighted by molar-refractivity contribution is 7.99. The van der Waals surface area contributed by atoms with Crippen molar-refractivity contribution in [1.29, 1.82) is 0 Å². The molecule has 11 heteroatoms. The van der Waals surface area contributed by atoms with Crippen LogP contribution in [0.3, 0.4) is 0 Å². The number of hydrogen-bond donors (Lipinski definition) is 0. The van der Waals surface area contributed by atoms with Gasteiger partial charge in [-0.15, -0.1) is 10.2 Å². The van der Waals surface area contributed by atoms with Crippen LogP contribution in [-0.4, -0.2) is 56.7 Å². The maximum Gasteiger partial charge on any atom is 0.243 e. The van der Waals surface area contributed by atoms with E-state index in [4.69, 9.17) is 9.84 Å². The zero-order chi connectivity index (χ0) is 22.2. The number of thioether (sulfide) groups is 1. The smallest absolute Gasteiger partial charge is 0.243 e. The Bertz CT molecular complexity index is 1200. The largest absolute Gasteiger partial charge is 0.497 e. The molecular formula is C20H26N6O3S2. The number of methoxy groups -OCH3 is 1. The number of fused-ring (bicyclic) bond motifs is 1. The summed E-state index contributed by atoms with van der Waals surface area (Å²) >= 11 is 1.63. The van der Waals surface area contributed by atoms with Crippen LogP contribution in [0, 0.1) is 0 Å². The highest BCUT2D eigenvalue weighted by Crippen LogP contribution is 2.33. The predicted octanol–water partition coefficient (Wildman–Crippen LogP) is 2.57. The molecule has 31 heavy (non-hydrogen) atoms. The number of aromatic nitrogens is 5. The Morgan fingerprint density at radius 2 is 2.03 bits per heavy atom. The van der Waals surface area contributed by atoms with Gasteiger partial charge in [0, 0.05) is 50.4 Å². The van der Waals surface area contributed by atoms with Crippen molar-refractivity contribution in [2.24, 2.45) is 7.05 Å². The summed E-state index contributed by atoms with van der Waals surface area (Å²) in [6.07, 6.45) is 0.582. The van der Waals surface area contributed by atoms with Crippen molar-refractivity contribution in [1.82, 2.24) is 28.9 Å². The Morgan fingerprint density at radius 3 is 2.74 bits per heavy atom. The molecular weight excluding hydrogens is 436 g/mol. The van der Waals surface area contributed by atoms with Gasteiger partial charge in [-0.1, -0.05) is 24.8 Å². The Labute approximate surface area is 186 Å². The first kappa shape index (κ1) is 21.8. The summed E-state index contributed by atoms with van der Waals surface area (Å²) in [6.45, 7) is 5.46. The lowest BCUT2D eigenvalue weighted by atomic mass is 10.1. The number of benzene rings is 1. The fourth-order valence-electron chi connectivity index (χ4n) is 3.85. The van der Waals surface area contributed by atoms with Crippen LogP contribution >= 0.6 is 11.8 Å². The van der Waals surface area contributed by atoms with Crippen molar-refractivity contribution in [2.45, 2.75) is 43.4 Å². The molecule has 0 bridgehead atoms. The molecule has 1 aromatic carbocycles. The second kappa shape index (κ2) is 8.64. The molecule has 3 aromatic rings. The van der Waals surface area contributed by atoms with Gasteiger partial charge in [0.2, 0.25) is 10.0 Å². The standard InChI is InChI=1S/C20H26N6O3S2/c1-5-26-19(21-22-20(26)30-6-2)18-16-13-25(11-10-17(16)24(3)23-18)31(27,28)15-9-7-8-14(12-15)29-4/h7-9,12H,5-6,10-11,13H2,1-4H3. The van der Waals surface area contributed by atoms with E-state index in [1.165, 1.54) is 11.4 Å². The van der Waals surface area contributed by atoms with Gasteiger partial charge >= 0.3 is 0 Å². The number of sulfonamides is 1. The average Bonchev–Trinajstić information content (AvgIpc) is 3.34. The maximum atomic E-state index is 13.3. The minimum absolute atomic E-state index is 0.221. The topological polar surface area (TPSA) is 95.1 Å². The van der Waals surface area contributed by atoms with Gasteiger partial charge in [0.15, 0.2) is 11.0 Å². The van der Waals surface area contributed by atoms with Crippen LogP contribution < -0.4 is 4.74 Å². The zero-order valence-electron chi connectivity index (χ0n) is 18.1. The molecule has 3 heterocycles. The van der Waals surface area contributed by atoms with Crippen molar-refractivity contribution >= 4 is 21.8 Å². The molecule has 0 radical (unpaired) electrons. The Morgan fingerprint density at radius 1 is 1.23 bits per heavy atom. The highest BCUT2D eigenvalue weighted by Gasteiger charge is 2.33. The first-order valence-corrected chi connectivity index (χ1v) is 12.6. The van der Waals surface area contributed by atoms with Crippen LogP contribution in [0.2, 0.25) is 0 Å². The molecule has 9 nitrogen and oxygen atoms in total. The summed E-state index contributed by atoms with van der Waals surface area (Å²) in [5, 5.41) is 14.3. The third-order valence-corrected chi connectivity index (χ3v) is 8.09. The molecule has 0 amide bonds. The monoisotopic (exact) mass is 462 g/mol. The Kier molecular flexibility index (Phi) is 6.09. The van der Waals surface area contributed by atoms with Crippen molar-refractivity contribution < 1.29 is 13.2 Å². The van der Waals surface area contributed by atoms with E-state index in [9.17, 15) is 8.42 Å². The summed E-state index contributed by atoms with van der Waals surface area (Å²) in [6, 6.07) is 6.57. The Balaban J connectivity index is 1.73. The van der Waals surface area contributed by atoms with Crippen LogP contribution in [0.15, 0.2) is 34.3 Å². The fraction of sp³-hybridized carbons (Fsp3) is 0.450. The average molecular weight is 463 g/mol. The van der Waals surface area contributed by atoms with E-state index in [1.807, 2.05) is 23.2 Å². The zero-order valence-corrected chi connectivity index (χ0v) is 19.7. The van der Waals surface area contributed by atoms with E-state index in [-0.39, 0.29) is 11.4 Å². The second-order valence-corrected chi connectivity index (χ2v) is 10.3. The molecule has 0 unspecified atom stereocenters. The lowest BCUT2D eigenvalue weighted by molar-refractivity contribution is 0.384. The van der Waals surface area contributed by atoms with E-state index >= 15 is 0 Å². The fourth-order valence-corrected chi connectivity index (χ4v) is 6.02. The second-order valence-electron chi connectivity index (χ2n) is 7.15. The summed E-state index contributed by atoms with van der Waals surface area (Å²) < 4.78 is 37.3. The molecule has 2 aromatic heterocycles. The van der Waals surface area contributed by atoms with E-state index in [0.717, 1.165) is 22.2 Å². The molecule has 1 aliphatic heterocycles. The minimum Gasteiger partial charge on any atom is -0.497 e. The molecule has 1 aliphatic rings. The van der Waals surface area contributed by atoms with Gasteiger partial charge in [0.05, 0.1) is 12.0 Å². The first-order chi connectivity index (χ1) is 14.9. The normalized spacial score (nSPS) is 14.6. The van der Waals surface area contributed by atoms with Gasteiger partial charge in [0.25, 0.3) is 0 Å². The summed E-state index contributed by atoms with van der Waals surface area (Å²) in [5.74, 6) is 2.08. The number of nitrogens with zero attached hydrogens (tertiary/aromatic N) is 6. The molecule has 0 saturated heterocycles. The van der Waals surface area contributed by atoms with Gasteiger partial charge in [0.1, 0.15) is 11.4 Å².